The molecule has 0 unspecified atom stereocenters. The van der Waals surface area contributed by atoms with Crippen molar-refractivity contribution in [2.45, 2.75) is 6.92 Å². The van der Waals surface area contributed by atoms with Gasteiger partial charge in [-0.2, -0.15) is 4.98 Å². The van der Waals surface area contributed by atoms with E-state index in [1.165, 1.54) is 16.9 Å². The summed E-state index contributed by atoms with van der Waals surface area (Å²) in [7, 11) is 0. The van der Waals surface area contributed by atoms with Crippen molar-refractivity contribution in [2.75, 3.05) is 5.73 Å². The molecule has 2 aromatic heterocycles. The quantitative estimate of drug-likeness (QED) is 0.764. The second kappa shape index (κ2) is 4.27. The van der Waals surface area contributed by atoms with Gasteiger partial charge in [-0.15, -0.1) is 11.3 Å². The highest BCUT2D eigenvalue weighted by molar-refractivity contribution is 7.17. The van der Waals surface area contributed by atoms with Gasteiger partial charge in [0.15, 0.2) is 0 Å². The summed E-state index contributed by atoms with van der Waals surface area (Å²) in [5.74, 6) is 1.48. The molecule has 0 bridgehead atoms. The van der Waals surface area contributed by atoms with Crippen LogP contribution in [0.1, 0.15) is 5.56 Å². The van der Waals surface area contributed by atoms with Crippen LogP contribution in [0.15, 0.2) is 35.7 Å². The van der Waals surface area contributed by atoms with Gasteiger partial charge in [0.25, 0.3) is 0 Å². The lowest BCUT2D eigenvalue weighted by Gasteiger charge is -2.06. The second-order valence-electron chi connectivity index (χ2n) is 3.94. The molecule has 4 nitrogen and oxygen atoms in total. The number of thiophene rings is 1. The van der Waals surface area contributed by atoms with Crippen molar-refractivity contribution in [1.29, 1.82) is 0 Å². The van der Waals surface area contributed by atoms with E-state index >= 15 is 0 Å². The predicted molar refractivity (Wildman–Crippen MR) is 73.1 cm³/mol. The van der Waals surface area contributed by atoms with Crippen LogP contribution in [0.25, 0.3) is 10.2 Å². The second-order valence-corrected chi connectivity index (χ2v) is 4.85. The maximum absolute atomic E-state index is 5.77. The molecule has 0 spiro atoms. The fraction of sp³-hybridized carbons (Fsp3) is 0.0769. The van der Waals surface area contributed by atoms with Crippen molar-refractivity contribution in [3.05, 3.63) is 41.3 Å². The molecule has 0 aliphatic rings. The highest BCUT2D eigenvalue weighted by Gasteiger charge is 2.09. The summed E-state index contributed by atoms with van der Waals surface area (Å²) >= 11 is 1.54. The van der Waals surface area contributed by atoms with Gasteiger partial charge in [-0.1, -0.05) is 17.7 Å². The summed E-state index contributed by atoms with van der Waals surface area (Å²) in [5, 5.41) is 1.95. The van der Waals surface area contributed by atoms with Gasteiger partial charge >= 0.3 is 0 Å². The molecule has 90 valence electrons. The average molecular weight is 257 g/mol. The molecule has 0 radical (unpaired) electrons. The Balaban J connectivity index is 2.03. The smallest absolute Gasteiger partial charge is 0.242 e. The molecule has 2 N–H and O–H groups in total. The summed E-state index contributed by atoms with van der Waals surface area (Å²) in [6.45, 7) is 2.03. The topological polar surface area (TPSA) is 61.0 Å². The Hall–Kier alpha value is -2.14. The number of anilines is 1. The molecule has 3 rings (SSSR count). The van der Waals surface area contributed by atoms with Crippen LogP contribution in [0.5, 0.6) is 11.6 Å². The van der Waals surface area contributed by atoms with Crippen molar-refractivity contribution in [1.82, 2.24) is 9.97 Å². The van der Waals surface area contributed by atoms with E-state index in [2.05, 4.69) is 9.97 Å². The van der Waals surface area contributed by atoms with Gasteiger partial charge in [0.1, 0.15) is 10.4 Å². The van der Waals surface area contributed by atoms with E-state index in [4.69, 9.17) is 10.5 Å². The van der Waals surface area contributed by atoms with E-state index in [1.807, 2.05) is 42.6 Å². The first-order chi connectivity index (χ1) is 8.72. The molecule has 2 heterocycles. The summed E-state index contributed by atoms with van der Waals surface area (Å²) in [5.41, 5.74) is 7.66. The molecule has 1 aromatic carbocycles. The molecular weight excluding hydrogens is 246 g/mol. The third-order valence-electron chi connectivity index (χ3n) is 2.53. The first kappa shape index (κ1) is 11.0. The largest absolute Gasteiger partial charge is 0.437 e. The van der Waals surface area contributed by atoms with Crippen LogP contribution in [-0.2, 0) is 0 Å². The number of fused-ring (bicyclic) bond motifs is 1. The maximum atomic E-state index is 5.77. The molecule has 3 aromatic rings. The first-order valence-electron chi connectivity index (χ1n) is 5.47. The molecular formula is C13H11N3OS. The third-order valence-corrected chi connectivity index (χ3v) is 3.42. The monoisotopic (exact) mass is 257 g/mol. The minimum Gasteiger partial charge on any atom is -0.437 e. The molecule has 0 fully saturated rings. The van der Waals surface area contributed by atoms with Gasteiger partial charge in [-0.3, -0.25) is 0 Å². The van der Waals surface area contributed by atoms with E-state index in [0.29, 0.717) is 5.88 Å². The average Bonchev–Trinajstić information content (AvgIpc) is 2.80. The molecule has 0 amide bonds. The predicted octanol–water partition coefficient (Wildman–Crippen LogP) is 3.37. The van der Waals surface area contributed by atoms with Crippen LogP contribution in [0.3, 0.4) is 0 Å². The lowest BCUT2D eigenvalue weighted by Crippen LogP contribution is -1.97. The standard InChI is InChI=1S/C13H11N3OS/c1-8-2-4-9(5-3-8)17-12-11-10(6-7-18-11)15-13(14)16-12/h2-7H,1H3,(H2,14,15,16). The normalized spacial score (nSPS) is 10.7. The van der Waals surface area contributed by atoms with Crippen LogP contribution in [-0.4, -0.2) is 9.97 Å². The van der Waals surface area contributed by atoms with Crippen LogP contribution < -0.4 is 10.5 Å². The Morgan fingerprint density at radius 3 is 2.67 bits per heavy atom. The minimum atomic E-state index is 0.225. The van der Waals surface area contributed by atoms with Crippen molar-refractivity contribution in [2.24, 2.45) is 0 Å². The highest BCUT2D eigenvalue weighted by atomic mass is 32.1. The molecule has 0 aliphatic carbocycles. The van der Waals surface area contributed by atoms with E-state index in [9.17, 15) is 0 Å². The summed E-state index contributed by atoms with van der Waals surface area (Å²) in [4.78, 5) is 8.30. The number of nitrogens with two attached hydrogens (primary N) is 1. The van der Waals surface area contributed by atoms with Crippen LogP contribution in [0, 0.1) is 6.92 Å². The maximum Gasteiger partial charge on any atom is 0.242 e. The lowest BCUT2D eigenvalue weighted by atomic mass is 10.2. The molecule has 0 aliphatic heterocycles. The lowest BCUT2D eigenvalue weighted by molar-refractivity contribution is 0.470. The number of nitrogen functional groups attached to an aromatic ring is 1. The van der Waals surface area contributed by atoms with Gasteiger partial charge in [0.05, 0.1) is 5.52 Å². The number of hydrogen-bond acceptors (Lipinski definition) is 5. The number of benzene rings is 1. The summed E-state index contributed by atoms with van der Waals surface area (Å²) in [6, 6.07) is 9.71. The van der Waals surface area contributed by atoms with Crippen LogP contribution in [0.2, 0.25) is 0 Å². The highest BCUT2D eigenvalue weighted by Crippen LogP contribution is 2.31. The summed E-state index contributed by atoms with van der Waals surface area (Å²) < 4.78 is 6.67. The minimum absolute atomic E-state index is 0.225. The van der Waals surface area contributed by atoms with E-state index in [-0.39, 0.29) is 5.95 Å². The molecule has 0 saturated carbocycles. The zero-order valence-electron chi connectivity index (χ0n) is 9.75. The van der Waals surface area contributed by atoms with Gasteiger partial charge in [-0.25, -0.2) is 4.98 Å². The van der Waals surface area contributed by atoms with Crippen molar-refractivity contribution < 1.29 is 4.74 Å². The third kappa shape index (κ3) is 2.00. The number of aromatic nitrogens is 2. The van der Waals surface area contributed by atoms with Crippen molar-refractivity contribution >= 4 is 27.5 Å². The molecule has 18 heavy (non-hydrogen) atoms. The van der Waals surface area contributed by atoms with Gasteiger partial charge < -0.3 is 10.5 Å². The number of aryl methyl sites for hydroxylation is 1. The van der Waals surface area contributed by atoms with E-state index in [0.717, 1.165) is 16.0 Å². The Bertz CT molecular complexity index is 691. The van der Waals surface area contributed by atoms with Gasteiger partial charge in [-0.05, 0) is 30.5 Å². The Labute approximate surface area is 108 Å². The Morgan fingerprint density at radius 1 is 1.11 bits per heavy atom. The number of ether oxygens (including phenoxy) is 1. The van der Waals surface area contributed by atoms with Crippen molar-refractivity contribution in [3.63, 3.8) is 0 Å². The summed E-state index contributed by atoms with van der Waals surface area (Å²) in [6.07, 6.45) is 0. The molecule has 5 heteroatoms. The zero-order chi connectivity index (χ0) is 12.5. The fourth-order valence-corrected chi connectivity index (χ4v) is 2.40. The zero-order valence-corrected chi connectivity index (χ0v) is 10.6. The van der Waals surface area contributed by atoms with Crippen molar-refractivity contribution in [3.8, 4) is 11.6 Å². The van der Waals surface area contributed by atoms with Gasteiger partial charge in [0.2, 0.25) is 11.8 Å². The number of nitrogens with zero attached hydrogens (tertiary/aromatic N) is 2. The Morgan fingerprint density at radius 2 is 1.89 bits per heavy atom. The first-order valence-corrected chi connectivity index (χ1v) is 6.35. The van der Waals surface area contributed by atoms with Crippen LogP contribution in [0.4, 0.5) is 5.95 Å². The fourth-order valence-electron chi connectivity index (χ4n) is 1.64. The molecule has 0 saturated heterocycles. The number of hydrogen-bond donors (Lipinski definition) is 1. The number of rotatable bonds is 2. The van der Waals surface area contributed by atoms with Gasteiger partial charge in [0, 0.05) is 0 Å². The SMILES string of the molecule is Cc1ccc(Oc2nc(N)nc3ccsc23)cc1. The van der Waals surface area contributed by atoms with E-state index < -0.39 is 0 Å². The Kier molecular flexibility index (Phi) is 2.60. The molecule has 0 atom stereocenters. The van der Waals surface area contributed by atoms with E-state index in [1.54, 1.807) is 0 Å². The van der Waals surface area contributed by atoms with Crippen LogP contribution >= 0.6 is 11.3 Å².